The third kappa shape index (κ3) is 4.44. The minimum atomic E-state index is -4.94. The molecule has 9 nitrogen and oxygen atoms in total. The topological polar surface area (TPSA) is 171 Å². The van der Waals surface area contributed by atoms with Gasteiger partial charge in [-0.3, -0.25) is 0 Å². The Morgan fingerprint density at radius 3 is 2.42 bits per heavy atom. The van der Waals surface area contributed by atoms with Gasteiger partial charge < -0.3 is 35.3 Å². The van der Waals surface area contributed by atoms with Crippen molar-refractivity contribution in [3.8, 4) is 5.75 Å². The van der Waals surface area contributed by atoms with E-state index in [4.69, 9.17) is 9.79 Å². The van der Waals surface area contributed by atoms with Crippen molar-refractivity contribution >= 4 is 13.5 Å². The van der Waals surface area contributed by atoms with Crippen LogP contribution in [0.5, 0.6) is 5.75 Å². The molecule has 24 heavy (non-hydrogen) atoms. The van der Waals surface area contributed by atoms with Gasteiger partial charge in [-0.15, -0.1) is 0 Å². The predicted octanol–water partition coefficient (Wildman–Crippen LogP) is 0.807. The van der Waals surface area contributed by atoms with Crippen LogP contribution in [0.1, 0.15) is 12.0 Å². The Hall–Kier alpha value is -2.16. The van der Waals surface area contributed by atoms with Crippen molar-refractivity contribution in [3.05, 3.63) is 53.0 Å². The highest BCUT2D eigenvalue weighted by molar-refractivity contribution is 7.50. The summed E-state index contributed by atoms with van der Waals surface area (Å²) < 4.78 is 14.2. The first kappa shape index (κ1) is 18.2. The van der Waals surface area contributed by atoms with Crippen molar-refractivity contribution in [2.24, 2.45) is 4.76 Å². The second-order valence-corrected chi connectivity index (χ2v) is 6.52. The van der Waals surface area contributed by atoms with Crippen LogP contribution in [0, 0.1) is 0 Å². The summed E-state index contributed by atoms with van der Waals surface area (Å²) in [5.41, 5.74) is -0.896. The van der Waals surface area contributed by atoms with Crippen LogP contribution in [0.3, 0.4) is 0 Å². The fourth-order valence-corrected chi connectivity index (χ4v) is 2.89. The molecule has 1 aromatic rings. The number of phenolic OH excluding ortho intramolecular Hbond substituents is 1. The van der Waals surface area contributed by atoms with Crippen molar-refractivity contribution in [1.29, 1.82) is 0 Å². The molecule has 0 radical (unpaired) electrons. The highest BCUT2D eigenvalue weighted by Crippen LogP contribution is 2.40. The van der Waals surface area contributed by atoms with E-state index < -0.39 is 49.2 Å². The number of aliphatic hydroxyl groups excluding tert-OH is 2. The number of rotatable bonds is 4. The van der Waals surface area contributed by atoms with E-state index in [0.29, 0.717) is 0 Å². The van der Waals surface area contributed by atoms with Crippen molar-refractivity contribution in [1.82, 2.24) is 0 Å². The number of phenols is 1. The summed E-state index contributed by atoms with van der Waals surface area (Å²) in [7, 11) is -4.94. The normalized spacial score (nSPS) is 18.0. The van der Waals surface area contributed by atoms with E-state index in [1.165, 1.54) is 24.3 Å². The summed E-state index contributed by atoms with van der Waals surface area (Å²) in [6, 6.07) is 5.58. The van der Waals surface area contributed by atoms with Gasteiger partial charge in [-0.05, 0) is 17.7 Å². The smallest absolute Gasteiger partial charge is 0.448 e. The van der Waals surface area contributed by atoms with Crippen LogP contribution in [0.15, 0.2) is 52.2 Å². The van der Waals surface area contributed by atoms with E-state index in [1.807, 2.05) is 0 Å². The molecule has 130 valence electrons. The number of allylic oxidation sites excluding steroid dienone is 2. The van der Waals surface area contributed by atoms with Crippen LogP contribution in [0.2, 0.25) is 0 Å². The largest absolute Gasteiger partial charge is 0.512 e. The maximum Gasteiger partial charge on any atom is 0.448 e. The van der Waals surface area contributed by atoms with Gasteiger partial charge in [-0.2, -0.15) is 4.76 Å². The summed E-state index contributed by atoms with van der Waals surface area (Å²) in [6.07, 6.45) is -0.166. The molecule has 7 N–H and O–H groups in total. The Bertz CT molecular complexity index is 790. The molecule has 0 atom stereocenters. The van der Waals surface area contributed by atoms with Crippen LogP contribution in [-0.2, 0) is 11.0 Å². The summed E-state index contributed by atoms with van der Waals surface area (Å²) in [5.74, 6) is -4.09. The number of aromatic hydroxyl groups is 1. The average Bonchev–Trinajstić information content (AvgIpc) is 2.34. The highest BCUT2D eigenvalue weighted by atomic mass is 31.2. The van der Waals surface area contributed by atoms with Crippen LogP contribution in [0.25, 0.3) is 0 Å². The van der Waals surface area contributed by atoms with Gasteiger partial charge in [0, 0.05) is 18.9 Å². The quantitative estimate of drug-likeness (QED) is 0.306. The van der Waals surface area contributed by atoms with Crippen molar-refractivity contribution < 1.29 is 39.9 Å². The first-order chi connectivity index (χ1) is 11.0. The second kappa shape index (κ2) is 6.39. The fourth-order valence-electron chi connectivity index (χ4n) is 2.41. The second-order valence-electron chi connectivity index (χ2n) is 5.30. The maximum absolute atomic E-state index is 11.1. The molecule has 0 heterocycles. The molecule has 1 aliphatic rings. The zero-order chi connectivity index (χ0) is 18.1. The lowest BCUT2D eigenvalue weighted by Gasteiger charge is -2.28. The minimum absolute atomic E-state index is 0.119. The van der Waals surface area contributed by atoms with Crippen LogP contribution >= 0.6 is 7.75 Å². The molecule has 0 aliphatic heterocycles. The Morgan fingerprint density at radius 1 is 1.17 bits per heavy atom. The van der Waals surface area contributed by atoms with E-state index in [2.05, 4.69) is 4.76 Å². The van der Waals surface area contributed by atoms with Crippen LogP contribution < -0.4 is 0 Å². The molecular formula is C14H16NO8P. The molecule has 0 saturated carbocycles. The van der Waals surface area contributed by atoms with Gasteiger partial charge in [-0.1, -0.05) is 12.1 Å². The van der Waals surface area contributed by atoms with E-state index >= 15 is 0 Å². The maximum atomic E-state index is 11.1. The SMILES string of the molecule is O=P(O)(O)N=C1CC(O)=CC(O)=C1C(O)(O)Cc1cccc(O)c1. The third-order valence-electron chi connectivity index (χ3n) is 3.21. The van der Waals surface area contributed by atoms with Crippen LogP contribution in [-0.4, -0.2) is 46.8 Å². The molecule has 0 spiro atoms. The summed E-state index contributed by atoms with van der Waals surface area (Å²) in [4.78, 5) is 17.9. The first-order valence-corrected chi connectivity index (χ1v) is 8.25. The molecule has 0 aromatic heterocycles. The lowest BCUT2D eigenvalue weighted by molar-refractivity contribution is -0.123. The third-order valence-corrected chi connectivity index (χ3v) is 3.71. The summed E-state index contributed by atoms with van der Waals surface area (Å²) in [6.45, 7) is 0. The van der Waals surface area contributed by atoms with Gasteiger partial charge in [0.1, 0.15) is 17.3 Å². The molecule has 0 unspecified atom stereocenters. The Balaban J connectivity index is 2.49. The van der Waals surface area contributed by atoms with Crippen molar-refractivity contribution in [2.75, 3.05) is 0 Å². The molecule has 2 rings (SSSR count). The van der Waals surface area contributed by atoms with Crippen molar-refractivity contribution in [2.45, 2.75) is 18.6 Å². The molecule has 1 aliphatic carbocycles. The van der Waals surface area contributed by atoms with Gasteiger partial charge in [0.15, 0.2) is 5.79 Å². The summed E-state index contributed by atoms with van der Waals surface area (Å²) >= 11 is 0. The Morgan fingerprint density at radius 2 is 1.83 bits per heavy atom. The minimum Gasteiger partial charge on any atom is -0.512 e. The van der Waals surface area contributed by atoms with Gasteiger partial charge in [-0.25, -0.2) is 4.57 Å². The number of hydrogen-bond donors (Lipinski definition) is 7. The average molecular weight is 357 g/mol. The lowest BCUT2D eigenvalue weighted by atomic mass is 9.89. The van der Waals surface area contributed by atoms with Gasteiger partial charge >= 0.3 is 7.75 Å². The number of aliphatic hydroxyl groups is 4. The highest BCUT2D eigenvalue weighted by Gasteiger charge is 2.38. The molecule has 0 bridgehead atoms. The monoisotopic (exact) mass is 357 g/mol. The molecule has 0 fully saturated rings. The number of benzene rings is 1. The standard InChI is InChI=1S/C14H16NO8P/c16-9-3-1-2-8(4-9)7-14(19,20)13-11(15-24(21,22)23)5-10(17)6-12(13)18/h1-4,6,16-20H,5,7H2,(H2,21,22,23). The van der Waals surface area contributed by atoms with Gasteiger partial charge in [0.05, 0.1) is 11.3 Å². The lowest BCUT2D eigenvalue weighted by Crippen LogP contribution is -2.39. The number of nitrogens with zero attached hydrogens (tertiary/aromatic N) is 1. The molecular weight excluding hydrogens is 341 g/mol. The molecule has 0 amide bonds. The van der Waals surface area contributed by atoms with Gasteiger partial charge in [0.25, 0.3) is 0 Å². The fraction of sp³-hybridized carbons (Fsp3) is 0.214. The zero-order valence-corrected chi connectivity index (χ0v) is 13.1. The summed E-state index contributed by atoms with van der Waals surface area (Å²) in [5, 5.41) is 49.5. The van der Waals surface area contributed by atoms with E-state index in [0.717, 1.165) is 6.08 Å². The molecule has 1 aromatic carbocycles. The Kier molecular flexibility index (Phi) is 4.84. The van der Waals surface area contributed by atoms with Crippen LogP contribution in [0.4, 0.5) is 0 Å². The molecule has 10 heteroatoms. The van der Waals surface area contributed by atoms with Crippen molar-refractivity contribution in [3.63, 3.8) is 0 Å². The predicted molar refractivity (Wildman–Crippen MR) is 83.4 cm³/mol. The number of hydrogen-bond acceptors (Lipinski definition) is 6. The van der Waals surface area contributed by atoms with Gasteiger partial charge in [0.2, 0.25) is 0 Å². The van der Waals surface area contributed by atoms with E-state index in [9.17, 15) is 30.1 Å². The molecule has 0 saturated heterocycles. The Labute approximate surface area is 136 Å². The van der Waals surface area contributed by atoms with E-state index in [1.54, 1.807) is 0 Å². The first-order valence-electron chi connectivity index (χ1n) is 6.69. The van der Waals surface area contributed by atoms with E-state index in [-0.39, 0.29) is 11.3 Å². The zero-order valence-electron chi connectivity index (χ0n) is 12.2.